The molecule has 0 amide bonds. The van der Waals surface area contributed by atoms with Gasteiger partial charge in [-0.3, -0.25) is 9.80 Å². The van der Waals surface area contributed by atoms with Crippen LogP contribution >= 0.6 is 0 Å². The first kappa shape index (κ1) is 26.6. The summed E-state index contributed by atoms with van der Waals surface area (Å²) in [5, 5.41) is 4.72. The lowest BCUT2D eigenvalue weighted by molar-refractivity contribution is -0.143. The molecule has 0 spiro atoms. The Kier molecular flexibility index (Phi) is 6.93. The standard InChI is InChI=1S/C27H29F6N5/c1-18-25(19(2)38(34-18)22-6-4-3-5-7-22)17-35-8-10-36(11-9-35)24-15-37(16-24)23-13-20(26(28,29)30)12-21(14-23)27(31,32)33/h3-7,12-14,24H,8-11,15-17H2,1-2H3. The summed E-state index contributed by atoms with van der Waals surface area (Å²) in [6.45, 7) is 8.90. The average Bonchev–Trinajstić information content (AvgIpc) is 3.12. The minimum atomic E-state index is -4.84. The van der Waals surface area contributed by atoms with E-state index in [0.717, 1.165) is 61.9 Å². The largest absolute Gasteiger partial charge is 0.416 e. The van der Waals surface area contributed by atoms with E-state index in [1.807, 2.05) is 41.9 Å². The zero-order valence-electron chi connectivity index (χ0n) is 21.1. The zero-order valence-corrected chi connectivity index (χ0v) is 21.1. The Morgan fingerprint density at radius 1 is 0.789 bits per heavy atom. The van der Waals surface area contributed by atoms with E-state index in [-0.39, 0.29) is 17.8 Å². The number of anilines is 1. The molecule has 5 rings (SSSR count). The van der Waals surface area contributed by atoms with E-state index < -0.39 is 23.5 Å². The number of benzene rings is 2. The Morgan fingerprint density at radius 3 is 1.92 bits per heavy atom. The van der Waals surface area contributed by atoms with E-state index in [1.165, 1.54) is 5.56 Å². The van der Waals surface area contributed by atoms with Crippen LogP contribution in [0, 0.1) is 13.8 Å². The summed E-state index contributed by atoms with van der Waals surface area (Å²) in [6.07, 6.45) is -9.68. The van der Waals surface area contributed by atoms with Gasteiger partial charge in [-0.15, -0.1) is 0 Å². The van der Waals surface area contributed by atoms with Gasteiger partial charge in [0.05, 0.1) is 22.5 Å². The highest BCUT2D eigenvalue weighted by molar-refractivity contribution is 5.55. The van der Waals surface area contributed by atoms with Gasteiger partial charge in [0.1, 0.15) is 0 Å². The third-order valence-corrected chi connectivity index (χ3v) is 7.55. The van der Waals surface area contributed by atoms with Gasteiger partial charge in [-0.05, 0) is 44.2 Å². The highest BCUT2D eigenvalue weighted by Crippen LogP contribution is 2.39. The van der Waals surface area contributed by atoms with Crippen LogP contribution in [0.15, 0.2) is 48.5 Å². The third kappa shape index (κ3) is 5.40. The number of rotatable bonds is 5. The summed E-state index contributed by atoms with van der Waals surface area (Å²) < 4.78 is 81.3. The van der Waals surface area contributed by atoms with Crippen LogP contribution in [0.5, 0.6) is 0 Å². The van der Waals surface area contributed by atoms with Crippen molar-refractivity contribution in [3.63, 3.8) is 0 Å². The van der Waals surface area contributed by atoms with Crippen molar-refractivity contribution in [2.45, 2.75) is 38.8 Å². The predicted molar refractivity (Wildman–Crippen MR) is 132 cm³/mol. The summed E-state index contributed by atoms with van der Waals surface area (Å²) in [6, 6.07) is 11.9. The molecule has 2 aliphatic heterocycles. The molecule has 2 aromatic carbocycles. The van der Waals surface area contributed by atoms with Gasteiger partial charge >= 0.3 is 12.4 Å². The molecule has 0 bridgehead atoms. The van der Waals surface area contributed by atoms with Crippen molar-refractivity contribution in [3.8, 4) is 5.69 Å². The van der Waals surface area contributed by atoms with Crippen LogP contribution in [0.3, 0.4) is 0 Å². The first-order valence-electron chi connectivity index (χ1n) is 12.5. The van der Waals surface area contributed by atoms with E-state index in [4.69, 9.17) is 5.10 Å². The molecule has 2 aliphatic rings. The number of nitrogens with zero attached hydrogens (tertiary/aromatic N) is 5. The van der Waals surface area contributed by atoms with Crippen molar-refractivity contribution in [1.29, 1.82) is 0 Å². The molecular formula is C27H29F6N5. The molecule has 0 aliphatic carbocycles. The Labute approximate surface area is 217 Å². The lowest BCUT2D eigenvalue weighted by atomic mass is 10.0. The maximum atomic E-state index is 13.2. The second-order valence-electron chi connectivity index (χ2n) is 10.0. The average molecular weight is 538 g/mol. The monoisotopic (exact) mass is 537 g/mol. The second kappa shape index (κ2) is 9.92. The fourth-order valence-electron chi connectivity index (χ4n) is 5.25. The summed E-state index contributed by atoms with van der Waals surface area (Å²) >= 11 is 0. The van der Waals surface area contributed by atoms with Gasteiger partial charge in [-0.1, -0.05) is 18.2 Å². The first-order valence-corrected chi connectivity index (χ1v) is 12.5. The van der Waals surface area contributed by atoms with Crippen molar-refractivity contribution in [3.05, 3.63) is 76.6 Å². The van der Waals surface area contributed by atoms with Gasteiger partial charge in [0.15, 0.2) is 0 Å². The summed E-state index contributed by atoms with van der Waals surface area (Å²) in [4.78, 5) is 6.23. The number of hydrogen-bond acceptors (Lipinski definition) is 4. The number of hydrogen-bond donors (Lipinski definition) is 0. The van der Waals surface area contributed by atoms with Gasteiger partial charge in [-0.25, -0.2) is 4.68 Å². The Bertz CT molecular complexity index is 1240. The Balaban J connectivity index is 1.18. The van der Waals surface area contributed by atoms with Crippen LogP contribution in [-0.4, -0.2) is 64.9 Å². The smallest absolute Gasteiger partial charge is 0.368 e. The Hall–Kier alpha value is -3.05. The number of para-hydroxylation sites is 1. The first-order chi connectivity index (χ1) is 17.9. The topological polar surface area (TPSA) is 27.5 Å². The molecule has 0 radical (unpaired) electrons. The molecule has 0 saturated carbocycles. The van der Waals surface area contributed by atoms with Crippen LogP contribution in [-0.2, 0) is 18.9 Å². The van der Waals surface area contributed by atoms with E-state index in [2.05, 4.69) is 16.7 Å². The van der Waals surface area contributed by atoms with Gasteiger partial charge in [0, 0.05) is 68.8 Å². The zero-order chi connectivity index (χ0) is 27.2. The fourth-order valence-corrected chi connectivity index (χ4v) is 5.25. The lowest BCUT2D eigenvalue weighted by Crippen LogP contribution is -2.63. The SMILES string of the molecule is Cc1nn(-c2ccccc2)c(C)c1CN1CCN(C2CN(c3cc(C(F)(F)F)cc(C(F)(F)F)c3)C2)CC1. The van der Waals surface area contributed by atoms with Crippen LogP contribution in [0.25, 0.3) is 5.69 Å². The van der Waals surface area contributed by atoms with Gasteiger partial charge < -0.3 is 4.90 Å². The molecule has 0 atom stereocenters. The highest BCUT2D eigenvalue weighted by atomic mass is 19.4. The summed E-state index contributed by atoms with van der Waals surface area (Å²) in [5.41, 5.74) is 1.71. The van der Waals surface area contributed by atoms with Gasteiger partial charge in [0.25, 0.3) is 0 Å². The van der Waals surface area contributed by atoms with Crippen LogP contribution < -0.4 is 4.90 Å². The van der Waals surface area contributed by atoms with Crippen molar-refractivity contribution >= 4 is 5.69 Å². The van der Waals surface area contributed by atoms with E-state index >= 15 is 0 Å². The van der Waals surface area contributed by atoms with Crippen molar-refractivity contribution in [2.75, 3.05) is 44.2 Å². The van der Waals surface area contributed by atoms with Gasteiger partial charge in [-0.2, -0.15) is 31.4 Å². The number of aryl methyl sites for hydroxylation is 1. The van der Waals surface area contributed by atoms with Gasteiger partial charge in [0.2, 0.25) is 0 Å². The number of piperazine rings is 1. The van der Waals surface area contributed by atoms with E-state index in [9.17, 15) is 26.3 Å². The molecule has 3 aromatic rings. The molecule has 5 nitrogen and oxygen atoms in total. The molecule has 204 valence electrons. The van der Waals surface area contributed by atoms with Crippen LogP contribution in [0.2, 0.25) is 0 Å². The maximum Gasteiger partial charge on any atom is 0.416 e. The molecule has 0 unspecified atom stereocenters. The molecule has 2 saturated heterocycles. The number of alkyl halides is 6. The molecule has 38 heavy (non-hydrogen) atoms. The normalized spacial score (nSPS) is 18.2. The molecular weight excluding hydrogens is 508 g/mol. The van der Waals surface area contributed by atoms with E-state index in [1.54, 1.807) is 4.90 Å². The minimum Gasteiger partial charge on any atom is -0.368 e. The third-order valence-electron chi connectivity index (χ3n) is 7.55. The lowest BCUT2D eigenvalue weighted by Gasteiger charge is -2.49. The Morgan fingerprint density at radius 2 is 1.37 bits per heavy atom. The number of halogens is 6. The summed E-state index contributed by atoms with van der Waals surface area (Å²) in [5.74, 6) is 0. The fraction of sp³-hybridized carbons (Fsp3) is 0.444. The molecule has 11 heteroatoms. The highest BCUT2D eigenvalue weighted by Gasteiger charge is 2.40. The second-order valence-corrected chi connectivity index (χ2v) is 10.0. The van der Waals surface area contributed by atoms with Crippen molar-refractivity contribution < 1.29 is 26.3 Å². The van der Waals surface area contributed by atoms with Crippen LogP contribution in [0.1, 0.15) is 28.1 Å². The molecule has 3 heterocycles. The summed E-state index contributed by atoms with van der Waals surface area (Å²) in [7, 11) is 0. The van der Waals surface area contributed by atoms with E-state index in [0.29, 0.717) is 13.1 Å². The minimum absolute atomic E-state index is 0.0385. The van der Waals surface area contributed by atoms with Crippen molar-refractivity contribution in [1.82, 2.24) is 19.6 Å². The maximum absolute atomic E-state index is 13.2. The molecule has 2 fully saturated rings. The molecule has 0 N–H and O–H groups in total. The molecule has 1 aromatic heterocycles. The predicted octanol–water partition coefficient (Wildman–Crippen LogP) is 5.53. The van der Waals surface area contributed by atoms with Crippen molar-refractivity contribution in [2.24, 2.45) is 0 Å². The number of aromatic nitrogens is 2. The quantitative estimate of drug-likeness (QED) is 0.400. The van der Waals surface area contributed by atoms with Crippen LogP contribution in [0.4, 0.5) is 32.0 Å².